The largest absolute Gasteiger partial charge is 0.392 e. The maximum absolute atomic E-state index is 8.54. The van der Waals surface area contributed by atoms with Gasteiger partial charge in [0.25, 0.3) is 0 Å². The summed E-state index contributed by atoms with van der Waals surface area (Å²) in [5, 5.41) is 8.54. The van der Waals surface area contributed by atoms with Gasteiger partial charge in [-0.3, -0.25) is 0 Å². The second-order valence-electron chi connectivity index (χ2n) is 4.58. The van der Waals surface area contributed by atoms with Crippen molar-refractivity contribution in [2.75, 3.05) is 13.7 Å². The summed E-state index contributed by atoms with van der Waals surface area (Å²) in [7, 11) is 1.69. The molecule has 122 valence electrons. The van der Waals surface area contributed by atoms with Gasteiger partial charge in [-0.1, -0.05) is 44.2 Å². The van der Waals surface area contributed by atoms with Gasteiger partial charge in [0.2, 0.25) is 0 Å². The van der Waals surface area contributed by atoms with Crippen molar-refractivity contribution in [3.63, 3.8) is 0 Å². The highest BCUT2D eigenvalue weighted by Crippen LogP contribution is 2.20. The van der Waals surface area contributed by atoms with E-state index >= 15 is 0 Å². The Bertz CT molecular complexity index is 317. The predicted octanol–water partition coefficient (Wildman–Crippen LogP) is 3.08. The normalized spacial score (nSPS) is 20.6. The van der Waals surface area contributed by atoms with Crippen LogP contribution in [0.4, 0.5) is 0 Å². The fraction of sp³-hybridized carbons (Fsp3) is 0.647. The number of hydrogen-bond acceptors (Lipinski definition) is 4. The molecule has 2 unspecified atom stereocenters. The highest BCUT2D eigenvalue weighted by molar-refractivity contribution is 5.12. The minimum Gasteiger partial charge on any atom is -0.392 e. The first-order valence-electron chi connectivity index (χ1n) is 7.83. The van der Waals surface area contributed by atoms with Gasteiger partial charge in [0, 0.05) is 7.11 Å². The van der Waals surface area contributed by atoms with Crippen LogP contribution in [0.15, 0.2) is 30.3 Å². The molecule has 1 saturated heterocycles. The molecule has 0 amide bonds. The number of ether oxygens (including phenoxy) is 2. The van der Waals surface area contributed by atoms with Gasteiger partial charge in [0.1, 0.15) is 0 Å². The summed E-state index contributed by atoms with van der Waals surface area (Å²) in [4.78, 5) is 0. The molecule has 2 rings (SSSR count). The van der Waals surface area contributed by atoms with Crippen molar-refractivity contribution in [3.05, 3.63) is 35.9 Å². The Kier molecular flexibility index (Phi) is 13.4. The standard InChI is InChI=1S/C8H17NO2.C7H8O.C2H6/c1-10-8-4-2-3-7(11-8)5-6-9;8-6-7-4-2-1-3-5-7;1-2/h7-8H,2-6,9H2,1H3;1-5,8H,6H2;1-2H3. The molecule has 0 spiro atoms. The van der Waals surface area contributed by atoms with E-state index in [0.29, 0.717) is 12.6 Å². The Morgan fingerprint density at radius 2 is 1.90 bits per heavy atom. The summed E-state index contributed by atoms with van der Waals surface area (Å²) in [5.41, 5.74) is 6.39. The molecular formula is C17H31NO3. The summed E-state index contributed by atoms with van der Waals surface area (Å²) in [6.45, 7) is 4.85. The van der Waals surface area contributed by atoms with Crippen molar-refractivity contribution in [1.82, 2.24) is 0 Å². The van der Waals surface area contributed by atoms with Crippen LogP contribution in [0.3, 0.4) is 0 Å². The Morgan fingerprint density at radius 3 is 2.38 bits per heavy atom. The number of hydrogen-bond donors (Lipinski definition) is 2. The summed E-state index contributed by atoms with van der Waals surface area (Å²) in [5.74, 6) is 0. The Morgan fingerprint density at radius 1 is 1.24 bits per heavy atom. The molecule has 2 atom stereocenters. The van der Waals surface area contributed by atoms with Crippen LogP contribution in [0, 0.1) is 0 Å². The van der Waals surface area contributed by atoms with E-state index in [1.54, 1.807) is 7.11 Å². The second kappa shape index (κ2) is 14.0. The Hall–Kier alpha value is -0.940. The zero-order valence-electron chi connectivity index (χ0n) is 13.6. The van der Waals surface area contributed by atoms with Crippen molar-refractivity contribution in [2.24, 2.45) is 5.73 Å². The first kappa shape index (κ1) is 20.1. The fourth-order valence-electron chi connectivity index (χ4n) is 2.02. The average Bonchev–Trinajstić information content (AvgIpc) is 2.58. The molecule has 0 saturated carbocycles. The van der Waals surface area contributed by atoms with E-state index in [2.05, 4.69) is 0 Å². The molecule has 1 fully saturated rings. The number of benzene rings is 1. The zero-order valence-corrected chi connectivity index (χ0v) is 13.6. The minimum atomic E-state index is 0.0142. The zero-order chi connectivity index (χ0) is 15.9. The number of aliphatic hydroxyl groups is 1. The van der Waals surface area contributed by atoms with Crippen LogP contribution >= 0.6 is 0 Å². The van der Waals surface area contributed by atoms with E-state index in [1.807, 2.05) is 44.2 Å². The molecule has 4 heteroatoms. The third-order valence-corrected chi connectivity index (χ3v) is 3.09. The third kappa shape index (κ3) is 9.58. The highest BCUT2D eigenvalue weighted by atomic mass is 16.7. The molecule has 3 N–H and O–H groups in total. The molecule has 0 radical (unpaired) electrons. The predicted molar refractivity (Wildman–Crippen MR) is 86.9 cm³/mol. The summed E-state index contributed by atoms with van der Waals surface area (Å²) in [6.07, 6.45) is 4.66. The van der Waals surface area contributed by atoms with E-state index in [0.717, 1.165) is 24.8 Å². The van der Waals surface area contributed by atoms with E-state index < -0.39 is 0 Å². The van der Waals surface area contributed by atoms with Crippen molar-refractivity contribution in [2.45, 2.75) is 58.5 Å². The molecule has 0 aromatic heterocycles. The molecule has 0 bridgehead atoms. The van der Waals surface area contributed by atoms with Gasteiger partial charge in [0.15, 0.2) is 6.29 Å². The Labute approximate surface area is 129 Å². The van der Waals surface area contributed by atoms with Crippen molar-refractivity contribution < 1.29 is 14.6 Å². The lowest BCUT2D eigenvalue weighted by molar-refractivity contribution is -0.180. The van der Waals surface area contributed by atoms with E-state index in [4.69, 9.17) is 20.3 Å². The van der Waals surface area contributed by atoms with Crippen LogP contribution in [0.25, 0.3) is 0 Å². The van der Waals surface area contributed by atoms with E-state index in [1.165, 1.54) is 6.42 Å². The monoisotopic (exact) mass is 297 g/mol. The first-order valence-corrected chi connectivity index (χ1v) is 7.83. The van der Waals surface area contributed by atoms with Gasteiger partial charge in [-0.15, -0.1) is 0 Å². The topological polar surface area (TPSA) is 64.7 Å². The summed E-state index contributed by atoms with van der Waals surface area (Å²) >= 11 is 0. The van der Waals surface area contributed by atoms with Gasteiger partial charge in [-0.05, 0) is 37.8 Å². The highest BCUT2D eigenvalue weighted by Gasteiger charge is 2.20. The number of methoxy groups -OCH3 is 1. The maximum Gasteiger partial charge on any atom is 0.157 e. The van der Waals surface area contributed by atoms with Crippen LogP contribution in [0.5, 0.6) is 0 Å². The van der Waals surface area contributed by atoms with E-state index in [9.17, 15) is 0 Å². The molecule has 1 heterocycles. The lowest BCUT2D eigenvalue weighted by Crippen LogP contribution is -2.30. The molecule has 1 aliphatic rings. The number of nitrogens with two attached hydrogens (primary N) is 1. The molecule has 0 aliphatic carbocycles. The lowest BCUT2D eigenvalue weighted by Gasteiger charge is -2.28. The van der Waals surface area contributed by atoms with Crippen molar-refractivity contribution in [3.8, 4) is 0 Å². The third-order valence-electron chi connectivity index (χ3n) is 3.09. The summed E-state index contributed by atoms with van der Waals surface area (Å²) in [6, 6.07) is 9.52. The minimum absolute atomic E-state index is 0.0142. The quantitative estimate of drug-likeness (QED) is 0.896. The van der Waals surface area contributed by atoms with Gasteiger partial charge in [0.05, 0.1) is 12.7 Å². The maximum atomic E-state index is 8.54. The fourth-order valence-corrected chi connectivity index (χ4v) is 2.02. The van der Waals surface area contributed by atoms with Crippen molar-refractivity contribution in [1.29, 1.82) is 0 Å². The second-order valence-corrected chi connectivity index (χ2v) is 4.58. The van der Waals surface area contributed by atoms with Crippen LogP contribution in [-0.4, -0.2) is 31.2 Å². The van der Waals surface area contributed by atoms with Crippen LogP contribution in [0.1, 0.15) is 45.1 Å². The van der Waals surface area contributed by atoms with Gasteiger partial charge < -0.3 is 20.3 Å². The molecule has 1 aromatic carbocycles. The SMILES string of the molecule is CC.COC1CCCC(CCN)O1.OCc1ccccc1. The smallest absolute Gasteiger partial charge is 0.157 e. The number of rotatable bonds is 4. The van der Waals surface area contributed by atoms with Gasteiger partial charge in [-0.2, -0.15) is 0 Å². The number of aliphatic hydroxyl groups excluding tert-OH is 1. The Balaban J connectivity index is 0.000000354. The molecular weight excluding hydrogens is 266 g/mol. The van der Waals surface area contributed by atoms with Crippen LogP contribution in [-0.2, 0) is 16.1 Å². The van der Waals surface area contributed by atoms with Crippen LogP contribution < -0.4 is 5.73 Å². The van der Waals surface area contributed by atoms with Gasteiger partial charge in [-0.25, -0.2) is 0 Å². The van der Waals surface area contributed by atoms with Crippen LogP contribution in [0.2, 0.25) is 0 Å². The molecule has 1 aliphatic heterocycles. The first-order chi connectivity index (χ1) is 10.3. The van der Waals surface area contributed by atoms with E-state index in [-0.39, 0.29) is 12.9 Å². The van der Waals surface area contributed by atoms with Crippen molar-refractivity contribution >= 4 is 0 Å². The lowest BCUT2D eigenvalue weighted by atomic mass is 10.1. The van der Waals surface area contributed by atoms with Gasteiger partial charge >= 0.3 is 0 Å². The molecule has 21 heavy (non-hydrogen) atoms. The summed E-state index contributed by atoms with van der Waals surface area (Å²) < 4.78 is 10.7. The average molecular weight is 297 g/mol. The molecule has 4 nitrogen and oxygen atoms in total. The molecule has 1 aromatic rings.